The highest BCUT2D eigenvalue weighted by Crippen LogP contribution is 2.20. The standard InChI is InChI=1S/C23H26N2O5/c1-17(26)30-20-8-5-7-19(16-20)23(28)25-14-12-24(13-15-25)22(27)11-10-18-6-3-4-9-21(18)29-2/h3-9,16H,10-15H2,1-2H3. The van der Waals surface area contributed by atoms with E-state index in [2.05, 4.69) is 0 Å². The summed E-state index contributed by atoms with van der Waals surface area (Å²) in [4.78, 5) is 40.0. The van der Waals surface area contributed by atoms with Crippen molar-refractivity contribution in [1.29, 1.82) is 0 Å². The summed E-state index contributed by atoms with van der Waals surface area (Å²) in [6.45, 7) is 3.26. The van der Waals surface area contributed by atoms with Gasteiger partial charge in [0.2, 0.25) is 5.91 Å². The predicted molar refractivity (Wildman–Crippen MR) is 112 cm³/mol. The molecule has 30 heavy (non-hydrogen) atoms. The largest absolute Gasteiger partial charge is 0.496 e. The van der Waals surface area contributed by atoms with Crippen molar-refractivity contribution in [3.8, 4) is 11.5 Å². The van der Waals surface area contributed by atoms with Gasteiger partial charge in [0.05, 0.1) is 7.11 Å². The fraction of sp³-hybridized carbons (Fsp3) is 0.348. The molecule has 7 nitrogen and oxygen atoms in total. The Labute approximate surface area is 176 Å². The molecule has 1 saturated heterocycles. The van der Waals surface area contributed by atoms with Gasteiger partial charge in [-0.2, -0.15) is 0 Å². The third-order valence-corrected chi connectivity index (χ3v) is 5.06. The highest BCUT2D eigenvalue weighted by atomic mass is 16.5. The van der Waals surface area contributed by atoms with E-state index >= 15 is 0 Å². The molecule has 2 aromatic rings. The van der Waals surface area contributed by atoms with Crippen molar-refractivity contribution >= 4 is 17.8 Å². The lowest BCUT2D eigenvalue weighted by atomic mass is 10.1. The second-order valence-electron chi connectivity index (χ2n) is 7.11. The molecule has 1 fully saturated rings. The molecule has 0 bridgehead atoms. The molecule has 0 radical (unpaired) electrons. The van der Waals surface area contributed by atoms with Crippen molar-refractivity contribution in [3.63, 3.8) is 0 Å². The van der Waals surface area contributed by atoms with Crippen LogP contribution in [0.1, 0.15) is 29.3 Å². The van der Waals surface area contributed by atoms with Gasteiger partial charge in [0.1, 0.15) is 11.5 Å². The van der Waals surface area contributed by atoms with Gasteiger partial charge >= 0.3 is 5.97 Å². The minimum Gasteiger partial charge on any atom is -0.496 e. The average molecular weight is 410 g/mol. The molecule has 0 spiro atoms. The molecule has 2 aromatic carbocycles. The first-order valence-corrected chi connectivity index (χ1v) is 9.95. The lowest BCUT2D eigenvalue weighted by Gasteiger charge is -2.35. The number of amides is 2. The van der Waals surface area contributed by atoms with Crippen LogP contribution < -0.4 is 9.47 Å². The summed E-state index contributed by atoms with van der Waals surface area (Å²) in [6, 6.07) is 14.3. The summed E-state index contributed by atoms with van der Waals surface area (Å²) in [5, 5.41) is 0. The Hall–Kier alpha value is -3.35. The molecule has 0 N–H and O–H groups in total. The van der Waals surface area contributed by atoms with Crippen molar-refractivity contribution in [3.05, 3.63) is 59.7 Å². The van der Waals surface area contributed by atoms with Crippen molar-refractivity contribution in [2.24, 2.45) is 0 Å². The van der Waals surface area contributed by atoms with Gasteiger partial charge in [-0.05, 0) is 36.2 Å². The van der Waals surface area contributed by atoms with Crippen LogP contribution in [-0.4, -0.2) is 60.9 Å². The number of carbonyl (C=O) groups is 3. The molecular formula is C23H26N2O5. The SMILES string of the molecule is COc1ccccc1CCC(=O)N1CCN(C(=O)c2cccc(OC(C)=O)c2)CC1. The number of hydrogen-bond acceptors (Lipinski definition) is 5. The number of nitrogens with zero attached hydrogens (tertiary/aromatic N) is 2. The minimum absolute atomic E-state index is 0.0739. The third-order valence-electron chi connectivity index (χ3n) is 5.06. The van der Waals surface area contributed by atoms with Gasteiger partial charge < -0.3 is 19.3 Å². The summed E-state index contributed by atoms with van der Waals surface area (Å²) < 4.78 is 10.4. The van der Waals surface area contributed by atoms with Crippen molar-refractivity contribution in [1.82, 2.24) is 9.80 Å². The summed E-state index contributed by atoms with van der Waals surface area (Å²) in [7, 11) is 1.62. The highest BCUT2D eigenvalue weighted by Gasteiger charge is 2.25. The lowest BCUT2D eigenvalue weighted by Crippen LogP contribution is -2.50. The number of piperazine rings is 1. The van der Waals surface area contributed by atoms with Gasteiger partial charge in [0.25, 0.3) is 5.91 Å². The molecule has 0 atom stereocenters. The molecule has 3 rings (SSSR count). The maximum Gasteiger partial charge on any atom is 0.308 e. The Morgan fingerprint density at radius 2 is 1.63 bits per heavy atom. The number of carbonyl (C=O) groups excluding carboxylic acids is 3. The molecule has 1 aliphatic rings. The summed E-state index contributed by atoms with van der Waals surface area (Å²) >= 11 is 0. The smallest absolute Gasteiger partial charge is 0.308 e. The Morgan fingerprint density at radius 1 is 0.933 bits per heavy atom. The van der Waals surface area contributed by atoms with Gasteiger partial charge in [-0.25, -0.2) is 0 Å². The van der Waals surface area contributed by atoms with Crippen LogP contribution in [-0.2, 0) is 16.0 Å². The van der Waals surface area contributed by atoms with E-state index in [-0.39, 0.29) is 11.8 Å². The second kappa shape index (κ2) is 9.91. The van der Waals surface area contributed by atoms with Crippen LogP contribution in [0.5, 0.6) is 11.5 Å². The summed E-state index contributed by atoms with van der Waals surface area (Å²) in [6.07, 6.45) is 1.02. The van der Waals surface area contributed by atoms with Gasteiger partial charge in [-0.3, -0.25) is 14.4 Å². The molecule has 7 heteroatoms. The maximum atomic E-state index is 12.8. The fourth-order valence-corrected chi connectivity index (χ4v) is 3.51. The van der Waals surface area contributed by atoms with Crippen LogP contribution in [0.25, 0.3) is 0 Å². The number of esters is 1. The monoisotopic (exact) mass is 410 g/mol. The number of benzene rings is 2. The molecular weight excluding hydrogens is 384 g/mol. The van der Waals surface area contributed by atoms with Crippen LogP contribution in [0, 0.1) is 0 Å². The number of hydrogen-bond donors (Lipinski definition) is 0. The maximum absolute atomic E-state index is 12.8. The van der Waals surface area contributed by atoms with Crippen molar-refractivity contribution < 1.29 is 23.9 Å². The second-order valence-corrected chi connectivity index (χ2v) is 7.11. The first kappa shape index (κ1) is 21.4. The van der Waals surface area contributed by atoms with E-state index in [0.717, 1.165) is 11.3 Å². The van der Waals surface area contributed by atoms with Gasteiger partial charge in [0, 0.05) is 45.1 Å². The van der Waals surface area contributed by atoms with E-state index in [9.17, 15) is 14.4 Å². The molecule has 0 aliphatic carbocycles. The Kier molecular flexibility index (Phi) is 7.06. The quantitative estimate of drug-likeness (QED) is 0.540. The number of rotatable bonds is 6. The Morgan fingerprint density at radius 3 is 2.33 bits per heavy atom. The molecule has 0 aromatic heterocycles. The first-order chi connectivity index (χ1) is 14.5. The summed E-state index contributed by atoms with van der Waals surface area (Å²) in [5.74, 6) is 0.644. The number of aryl methyl sites for hydroxylation is 1. The zero-order valence-corrected chi connectivity index (χ0v) is 17.3. The molecule has 2 amide bonds. The van der Waals surface area contributed by atoms with Crippen molar-refractivity contribution in [2.75, 3.05) is 33.3 Å². The van der Waals surface area contributed by atoms with E-state index in [1.165, 1.54) is 6.92 Å². The van der Waals surface area contributed by atoms with Crippen molar-refractivity contribution in [2.45, 2.75) is 19.8 Å². The van der Waals surface area contributed by atoms with Crippen LogP contribution in [0.3, 0.4) is 0 Å². The van der Waals surface area contributed by atoms with E-state index in [4.69, 9.17) is 9.47 Å². The van der Waals surface area contributed by atoms with Gasteiger partial charge in [-0.1, -0.05) is 24.3 Å². The fourth-order valence-electron chi connectivity index (χ4n) is 3.51. The topological polar surface area (TPSA) is 76.2 Å². The van der Waals surface area contributed by atoms with Gasteiger partial charge in [0.15, 0.2) is 0 Å². The number of ether oxygens (including phenoxy) is 2. The summed E-state index contributed by atoms with van der Waals surface area (Å²) in [5.41, 5.74) is 1.47. The highest BCUT2D eigenvalue weighted by molar-refractivity contribution is 5.95. The number of methoxy groups -OCH3 is 1. The van der Waals surface area contributed by atoms with Crippen LogP contribution >= 0.6 is 0 Å². The molecule has 1 aliphatic heterocycles. The van der Waals surface area contributed by atoms with E-state index in [0.29, 0.717) is 50.3 Å². The Bertz CT molecular complexity index is 919. The molecule has 158 valence electrons. The van der Waals surface area contributed by atoms with Gasteiger partial charge in [-0.15, -0.1) is 0 Å². The molecule has 0 saturated carbocycles. The normalized spacial score (nSPS) is 13.7. The molecule has 0 unspecified atom stereocenters. The zero-order chi connectivity index (χ0) is 21.5. The average Bonchev–Trinajstić information content (AvgIpc) is 2.77. The Balaban J connectivity index is 1.52. The first-order valence-electron chi connectivity index (χ1n) is 9.95. The number of para-hydroxylation sites is 1. The lowest BCUT2D eigenvalue weighted by molar-refractivity contribution is -0.133. The third kappa shape index (κ3) is 5.37. The molecule has 1 heterocycles. The van der Waals surface area contributed by atoms with Crippen LogP contribution in [0.2, 0.25) is 0 Å². The van der Waals surface area contributed by atoms with Crippen LogP contribution in [0.15, 0.2) is 48.5 Å². The van der Waals surface area contributed by atoms with E-state index < -0.39 is 5.97 Å². The zero-order valence-electron chi connectivity index (χ0n) is 17.3. The van der Waals surface area contributed by atoms with Crippen LogP contribution in [0.4, 0.5) is 0 Å². The van der Waals surface area contributed by atoms with E-state index in [1.54, 1.807) is 41.2 Å². The van der Waals surface area contributed by atoms with E-state index in [1.807, 2.05) is 24.3 Å². The predicted octanol–water partition coefficient (Wildman–Crippen LogP) is 2.54. The minimum atomic E-state index is -0.431.